The first kappa shape index (κ1) is 26.4. The molecule has 0 aliphatic rings. The van der Waals surface area contributed by atoms with Gasteiger partial charge >= 0.3 is 6.18 Å². The highest BCUT2D eigenvalue weighted by Crippen LogP contribution is 2.39. The number of fused-ring (bicyclic) bond motifs is 2. The number of hydrogen-bond donors (Lipinski definition) is 1. The SMILES string of the molecule is Fc1cc(F)c(Cn2nc3c(C(F)(F)F)cccc3c2-c2cccc(NCc3ccc4ccccc4c3)c2)c(F)c1. The van der Waals surface area contributed by atoms with Crippen molar-refractivity contribution in [3.63, 3.8) is 0 Å². The molecule has 1 heterocycles. The average molecular weight is 562 g/mol. The molecular weight excluding hydrogens is 540 g/mol. The molecule has 1 aromatic heterocycles. The Bertz CT molecular complexity index is 1890. The minimum atomic E-state index is -4.70. The Balaban J connectivity index is 1.41. The van der Waals surface area contributed by atoms with E-state index in [2.05, 4.69) is 16.5 Å². The normalized spacial score (nSPS) is 11.9. The van der Waals surface area contributed by atoms with Crippen molar-refractivity contribution in [2.75, 3.05) is 5.32 Å². The molecule has 0 atom stereocenters. The third kappa shape index (κ3) is 5.23. The first-order chi connectivity index (χ1) is 19.7. The Kier molecular flexibility index (Phi) is 6.65. The first-order valence-electron chi connectivity index (χ1n) is 12.7. The number of anilines is 1. The van der Waals surface area contributed by atoms with Crippen molar-refractivity contribution in [2.24, 2.45) is 0 Å². The second kappa shape index (κ2) is 10.3. The van der Waals surface area contributed by atoms with E-state index in [0.29, 0.717) is 29.9 Å². The lowest BCUT2D eigenvalue weighted by atomic mass is 10.0. The molecular formula is C32H21F6N3. The van der Waals surface area contributed by atoms with Crippen LogP contribution in [0, 0.1) is 17.5 Å². The maximum atomic E-state index is 14.6. The first-order valence-corrected chi connectivity index (χ1v) is 12.7. The fraction of sp³-hybridized carbons (Fsp3) is 0.0938. The van der Waals surface area contributed by atoms with Crippen molar-refractivity contribution in [2.45, 2.75) is 19.3 Å². The number of aromatic nitrogens is 2. The molecule has 0 spiro atoms. The number of rotatable bonds is 6. The van der Waals surface area contributed by atoms with Crippen molar-refractivity contribution >= 4 is 27.4 Å². The number of alkyl halides is 3. The highest BCUT2D eigenvalue weighted by molar-refractivity contribution is 5.96. The van der Waals surface area contributed by atoms with Gasteiger partial charge < -0.3 is 5.32 Å². The molecule has 0 aliphatic heterocycles. The summed E-state index contributed by atoms with van der Waals surface area (Å²) in [6, 6.07) is 25.8. The molecule has 6 rings (SSSR count). The molecule has 3 nitrogen and oxygen atoms in total. The van der Waals surface area contributed by atoms with Crippen LogP contribution in [0.3, 0.4) is 0 Å². The van der Waals surface area contributed by atoms with Gasteiger partial charge in [-0.05, 0) is 40.6 Å². The van der Waals surface area contributed by atoms with Gasteiger partial charge in [-0.3, -0.25) is 4.68 Å². The zero-order chi connectivity index (χ0) is 28.7. The molecule has 0 saturated heterocycles. The third-order valence-corrected chi connectivity index (χ3v) is 6.94. The smallest absolute Gasteiger partial charge is 0.381 e. The van der Waals surface area contributed by atoms with Crippen LogP contribution < -0.4 is 5.32 Å². The van der Waals surface area contributed by atoms with Crippen molar-refractivity contribution in [1.29, 1.82) is 0 Å². The average Bonchev–Trinajstić information content (AvgIpc) is 3.31. The van der Waals surface area contributed by atoms with Crippen LogP contribution in [-0.4, -0.2) is 9.78 Å². The van der Waals surface area contributed by atoms with Crippen molar-refractivity contribution in [3.05, 3.63) is 131 Å². The molecule has 0 fully saturated rings. The van der Waals surface area contributed by atoms with Gasteiger partial charge in [0.05, 0.1) is 17.8 Å². The number of benzene rings is 5. The van der Waals surface area contributed by atoms with Crippen LogP contribution in [0.15, 0.2) is 97.1 Å². The lowest BCUT2D eigenvalue weighted by Gasteiger charge is -2.13. The van der Waals surface area contributed by atoms with E-state index in [1.165, 1.54) is 12.1 Å². The summed E-state index contributed by atoms with van der Waals surface area (Å²) in [5, 5.41) is 9.86. The summed E-state index contributed by atoms with van der Waals surface area (Å²) in [4.78, 5) is 0. The van der Waals surface area contributed by atoms with Crippen molar-refractivity contribution in [1.82, 2.24) is 9.78 Å². The van der Waals surface area contributed by atoms with E-state index in [4.69, 9.17) is 0 Å². The molecule has 0 saturated carbocycles. The lowest BCUT2D eigenvalue weighted by Crippen LogP contribution is -2.09. The van der Waals surface area contributed by atoms with Crippen LogP contribution in [0.4, 0.5) is 32.0 Å². The fourth-order valence-corrected chi connectivity index (χ4v) is 5.00. The highest BCUT2D eigenvalue weighted by atomic mass is 19.4. The lowest BCUT2D eigenvalue weighted by molar-refractivity contribution is -0.136. The summed E-state index contributed by atoms with van der Waals surface area (Å²) in [6.45, 7) is -0.0630. The zero-order valence-electron chi connectivity index (χ0n) is 21.3. The fourth-order valence-electron chi connectivity index (χ4n) is 5.00. The second-order valence-electron chi connectivity index (χ2n) is 9.67. The van der Waals surface area contributed by atoms with Crippen molar-refractivity contribution < 1.29 is 26.3 Å². The minimum Gasteiger partial charge on any atom is -0.381 e. The van der Waals surface area contributed by atoms with Crippen LogP contribution in [0.1, 0.15) is 16.7 Å². The molecule has 0 bridgehead atoms. The van der Waals surface area contributed by atoms with Crippen LogP contribution in [0.25, 0.3) is 32.9 Å². The maximum Gasteiger partial charge on any atom is 0.418 e. The van der Waals surface area contributed by atoms with E-state index < -0.39 is 41.3 Å². The second-order valence-corrected chi connectivity index (χ2v) is 9.67. The summed E-state index contributed by atoms with van der Waals surface area (Å²) < 4.78 is 85.4. The van der Waals surface area contributed by atoms with E-state index in [-0.39, 0.29) is 16.6 Å². The van der Waals surface area contributed by atoms with Gasteiger partial charge in [-0.2, -0.15) is 18.3 Å². The van der Waals surface area contributed by atoms with Crippen LogP contribution in [0.2, 0.25) is 0 Å². The Morgan fingerprint density at radius 2 is 1.46 bits per heavy atom. The largest absolute Gasteiger partial charge is 0.418 e. The molecule has 1 N–H and O–H groups in total. The molecule has 9 heteroatoms. The number of nitrogens with one attached hydrogen (secondary N) is 1. The standard InChI is InChI=1S/C32H21F6N3/c33-23-15-28(34)26(29(35)16-23)18-41-31(25-9-4-10-27(30(25)40-41)32(36,37)38)22-7-3-8-24(14-22)39-17-19-11-12-20-5-1-2-6-21(20)13-19/h1-16,39H,17-18H2. The van der Waals surface area contributed by atoms with Crippen LogP contribution >= 0.6 is 0 Å². The van der Waals surface area contributed by atoms with Gasteiger partial charge in [-0.15, -0.1) is 0 Å². The number of hydrogen-bond acceptors (Lipinski definition) is 2. The zero-order valence-corrected chi connectivity index (χ0v) is 21.3. The third-order valence-electron chi connectivity index (χ3n) is 6.94. The van der Waals surface area contributed by atoms with Gasteiger partial charge in [0, 0.05) is 40.9 Å². The summed E-state index contributed by atoms with van der Waals surface area (Å²) in [5.74, 6) is -3.41. The predicted molar refractivity (Wildman–Crippen MR) is 147 cm³/mol. The van der Waals surface area contributed by atoms with Gasteiger partial charge in [-0.1, -0.05) is 60.7 Å². The monoisotopic (exact) mass is 561 g/mol. The summed E-state index contributed by atoms with van der Waals surface area (Å²) >= 11 is 0. The van der Waals surface area contributed by atoms with E-state index in [9.17, 15) is 26.3 Å². The summed E-state index contributed by atoms with van der Waals surface area (Å²) in [5.41, 5.74) is 0.596. The van der Waals surface area contributed by atoms with Crippen LogP contribution in [-0.2, 0) is 19.3 Å². The molecule has 41 heavy (non-hydrogen) atoms. The molecule has 0 radical (unpaired) electrons. The van der Waals surface area contributed by atoms with Gasteiger partial charge in [-0.25, -0.2) is 13.2 Å². The quantitative estimate of drug-likeness (QED) is 0.206. The van der Waals surface area contributed by atoms with E-state index >= 15 is 0 Å². The molecule has 0 aliphatic carbocycles. The Morgan fingerprint density at radius 1 is 0.732 bits per heavy atom. The molecule has 6 aromatic rings. The van der Waals surface area contributed by atoms with E-state index in [1.54, 1.807) is 18.2 Å². The maximum absolute atomic E-state index is 14.6. The van der Waals surface area contributed by atoms with Gasteiger partial charge in [0.1, 0.15) is 23.0 Å². The Labute approximate surface area is 230 Å². The number of nitrogens with zero attached hydrogens (tertiary/aromatic N) is 2. The molecule has 0 amide bonds. The van der Waals surface area contributed by atoms with E-state index in [1.807, 2.05) is 42.5 Å². The molecule has 5 aromatic carbocycles. The van der Waals surface area contributed by atoms with Gasteiger partial charge in [0.2, 0.25) is 0 Å². The molecule has 0 unspecified atom stereocenters. The van der Waals surface area contributed by atoms with Crippen LogP contribution in [0.5, 0.6) is 0 Å². The predicted octanol–water partition coefficient (Wildman–Crippen LogP) is 8.95. The van der Waals surface area contributed by atoms with Gasteiger partial charge in [0.15, 0.2) is 0 Å². The number of halogens is 6. The minimum absolute atomic E-state index is 0.162. The summed E-state index contributed by atoms with van der Waals surface area (Å²) in [6.07, 6.45) is -4.70. The summed E-state index contributed by atoms with van der Waals surface area (Å²) in [7, 11) is 0. The van der Waals surface area contributed by atoms with E-state index in [0.717, 1.165) is 27.1 Å². The van der Waals surface area contributed by atoms with Gasteiger partial charge in [0.25, 0.3) is 0 Å². The highest BCUT2D eigenvalue weighted by Gasteiger charge is 2.34. The van der Waals surface area contributed by atoms with Crippen molar-refractivity contribution in [3.8, 4) is 11.3 Å². The Morgan fingerprint density at radius 3 is 2.22 bits per heavy atom. The Hall–Kier alpha value is -4.79. The topological polar surface area (TPSA) is 29.9 Å². The molecule has 206 valence electrons.